The molecule has 1 heterocycles. The molecule has 0 spiro atoms. The quantitative estimate of drug-likeness (QED) is 0.485. The van der Waals surface area contributed by atoms with Gasteiger partial charge in [-0.3, -0.25) is 20.2 Å². The van der Waals surface area contributed by atoms with Gasteiger partial charge in [-0.2, -0.15) is 0 Å². The molecule has 1 aromatic carbocycles. The number of nitro benzene ring substituents is 1. The Kier molecular flexibility index (Phi) is 3.94. The highest BCUT2D eigenvalue weighted by Crippen LogP contribution is 2.34. The van der Waals surface area contributed by atoms with Crippen LogP contribution in [0.4, 0.5) is 15.8 Å². The first-order valence-electron chi connectivity index (χ1n) is 5.31. The maximum atomic E-state index is 13.6. The molecule has 8 nitrogen and oxygen atoms in total. The molecule has 0 saturated carbocycles. The fourth-order valence-electron chi connectivity index (χ4n) is 1.46. The Morgan fingerprint density at radius 3 is 2.52 bits per heavy atom. The van der Waals surface area contributed by atoms with Crippen LogP contribution in [0.5, 0.6) is 11.6 Å². The van der Waals surface area contributed by atoms with Gasteiger partial charge in [-0.05, 0) is 6.07 Å². The van der Waals surface area contributed by atoms with Gasteiger partial charge in [0, 0.05) is 6.07 Å². The molecule has 10 heteroatoms. The Morgan fingerprint density at radius 2 is 1.90 bits per heavy atom. The van der Waals surface area contributed by atoms with E-state index in [2.05, 4.69) is 4.98 Å². The molecule has 0 bridgehead atoms. The Balaban J connectivity index is 2.48. The average Bonchev–Trinajstić information content (AvgIpc) is 2.40. The standard InChI is InChI=1S/C11H5ClFN3O5/c12-9-4-6(15(17)18)5-10(14-9)21-11-7(13)2-1-3-8(11)16(19)20/h1-5H. The van der Waals surface area contributed by atoms with E-state index in [1.807, 2.05) is 0 Å². The lowest BCUT2D eigenvalue weighted by Crippen LogP contribution is -1.98. The fraction of sp³-hybridized carbons (Fsp3) is 0. The van der Waals surface area contributed by atoms with Crippen LogP contribution in [0.25, 0.3) is 0 Å². The zero-order valence-electron chi connectivity index (χ0n) is 10.0. The van der Waals surface area contributed by atoms with Gasteiger partial charge in [0.05, 0.1) is 22.0 Å². The van der Waals surface area contributed by atoms with Crippen molar-refractivity contribution in [2.45, 2.75) is 0 Å². The molecular weight excluding hydrogens is 309 g/mol. The Bertz CT molecular complexity index is 740. The lowest BCUT2D eigenvalue weighted by molar-refractivity contribution is -0.386. The van der Waals surface area contributed by atoms with Crippen molar-refractivity contribution in [1.82, 2.24) is 4.98 Å². The predicted octanol–water partition coefficient (Wildman–Crippen LogP) is 3.48. The van der Waals surface area contributed by atoms with Crippen molar-refractivity contribution < 1.29 is 19.0 Å². The van der Waals surface area contributed by atoms with E-state index in [-0.39, 0.29) is 5.15 Å². The number of para-hydroxylation sites is 1. The van der Waals surface area contributed by atoms with Gasteiger partial charge in [0.1, 0.15) is 5.15 Å². The molecule has 2 aromatic rings. The van der Waals surface area contributed by atoms with Crippen LogP contribution in [0.2, 0.25) is 5.15 Å². The molecule has 0 amide bonds. The summed E-state index contributed by atoms with van der Waals surface area (Å²) in [4.78, 5) is 23.5. The number of rotatable bonds is 4. The molecule has 0 aliphatic carbocycles. The first-order valence-corrected chi connectivity index (χ1v) is 5.69. The van der Waals surface area contributed by atoms with E-state index in [1.54, 1.807) is 0 Å². The highest BCUT2D eigenvalue weighted by Gasteiger charge is 2.22. The van der Waals surface area contributed by atoms with Crippen molar-refractivity contribution >= 4 is 23.0 Å². The number of pyridine rings is 1. The Morgan fingerprint density at radius 1 is 1.19 bits per heavy atom. The van der Waals surface area contributed by atoms with E-state index < -0.39 is 38.7 Å². The number of aromatic nitrogens is 1. The van der Waals surface area contributed by atoms with E-state index in [9.17, 15) is 24.6 Å². The van der Waals surface area contributed by atoms with Crippen LogP contribution in [-0.2, 0) is 0 Å². The van der Waals surface area contributed by atoms with Crippen LogP contribution in [0.15, 0.2) is 30.3 Å². The van der Waals surface area contributed by atoms with Gasteiger partial charge in [-0.1, -0.05) is 17.7 Å². The number of nitrogens with zero attached hydrogens (tertiary/aromatic N) is 3. The molecule has 0 radical (unpaired) electrons. The molecule has 0 unspecified atom stereocenters. The summed E-state index contributed by atoms with van der Waals surface area (Å²) in [6.07, 6.45) is 0. The highest BCUT2D eigenvalue weighted by atomic mass is 35.5. The molecular formula is C11H5ClFN3O5. The van der Waals surface area contributed by atoms with Gasteiger partial charge >= 0.3 is 5.69 Å². The average molecular weight is 314 g/mol. The molecule has 0 fully saturated rings. The van der Waals surface area contributed by atoms with E-state index >= 15 is 0 Å². The van der Waals surface area contributed by atoms with Crippen LogP contribution in [-0.4, -0.2) is 14.8 Å². The third-order valence-corrected chi connectivity index (χ3v) is 2.51. The summed E-state index contributed by atoms with van der Waals surface area (Å²) in [7, 11) is 0. The molecule has 0 aliphatic rings. The summed E-state index contributed by atoms with van der Waals surface area (Å²) in [6, 6.07) is 4.94. The maximum absolute atomic E-state index is 13.6. The summed E-state index contributed by atoms with van der Waals surface area (Å²) in [5, 5.41) is 21.2. The van der Waals surface area contributed by atoms with E-state index in [1.165, 1.54) is 0 Å². The van der Waals surface area contributed by atoms with Gasteiger partial charge in [0.2, 0.25) is 11.6 Å². The minimum Gasteiger partial charge on any atom is -0.428 e. The van der Waals surface area contributed by atoms with Crippen LogP contribution < -0.4 is 4.74 Å². The van der Waals surface area contributed by atoms with Gasteiger partial charge < -0.3 is 4.74 Å². The van der Waals surface area contributed by atoms with Crippen LogP contribution in [0, 0.1) is 26.0 Å². The molecule has 0 saturated heterocycles. The second kappa shape index (κ2) is 5.67. The highest BCUT2D eigenvalue weighted by molar-refractivity contribution is 6.29. The summed E-state index contributed by atoms with van der Waals surface area (Å²) >= 11 is 5.58. The third-order valence-electron chi connectivity index (χ3n) is 2.32. The monoisotopic (exact) mass is 313 g/mol. The van der Waals surface area contributed by atoms with Crippen LogP contribution in [0.3, 0.4) is 0 Å². The first kappa shape index (κ1) is 14.6. The van der Waals surface area contributed by atoms with Gasteiger partial charge in [0.15, 0.2) is 5.82 Å². The zero-order valence-corrected chi connectivity index (χ0v) is 10.8. The first-order chi connectivity index (χ1) is 9.88. The van der Waals surface area contributed by atoms with Crippen molar-refractivity contribution in [2.75, 3.05) is 0 Å². The number of nitro groups is 2. The molecule has 0 aliphatic heterocycles. The molecule has 2 rings (SSSR count). The normalized spacial score (nSPS) is 10.2. The number of benzene rings is 1. The van der Waals surface area contributed by atoms with Crippen LogP contribution in [0.1, 0.15) is 0 Å². The molecule has 21 heavy (non-hydrogen) atoms. The second-order valence-corrected chi connectivity index (χ2v) is 4.08. The molecule has 0 atom stereocenters. The van der Waals surface area contributed by atoms with Gasteiger partial charge in [0.25, 0.3) is 5.69 Å². The molecule has 0 N–H and O–H groups in total. The minimum atomic E-state index is -1.01. The van der Waals surface area contributed by atoms with Crippen molar-refractivity contribution in [2.24, 2.45) is 0 Å². The SMILES string of the molecule is O=[N+]([O-])c1cc(Cl)nc(Oc2c(F)cccc2[N+](=O)[O-])c1. The smallest absolute Gasteiger partial charge is 0.314 e. The number of hydrogen-bond donors (Lipinski definition) is 0. The maximum Gasteiger partial charge on any atom is 0.314 e. The topological polar surface area (TPSA) is 108 Å². The lowest BCUT2D eigenvalue weighted by Gasteiger charge is -2.06. The fourth-order valence-corrected chi connectivity index (χ4v) is 1.66. The largest absolute Gasteiger partial charge is 0.428 e. The van der Waals surface area contributed by atoms with Crippen molar-refractivity contribution in [3.8, 4) is 11.6 Å². The van der Waals surface area contributed by atoms with Crippen molar-refractivity contribution in [3.05, 3.63) is 61.5 Å². The van der Waals surface area contributed by atoms with Crippen molar-refractivity contribution in [3.63, 3.8) is 0 Å². The lowest BCUT2D eigenvalue weighted by atomic mass is 10.3. The minimum absolute atomic E-state index is 0.266. The summed E-state index contributed by atoms with van der Waals surface area (Å²) in [6.45, 7) is 0. The summed E-state index contributed by atoms with van der Waals surface area (Å²) in [5.41, 5.74) is -1.08. The number of halogens is 2. The number of hydrogen-bond acceptors (Lipinski definition) is 6. The van der Waals surface area contributed by atoms with Gasteiger partial charge in [-0.25, -0.2) is 9.37 Å². The Hall–Kier alpha value is -2.81. The van der Waals surface area contributed by atoms with E-state index in [4.69, 9.17) is 16.3 Å². The number of ether oxygens (including phenoxy) is 1. The van der Waals surface area contributed by atoms with Gasteiger partial charge in [-0.15, -0.1) is 0 Å². The predicted molar refractivity (Wildman–Crippen MR) is 69.0 cm³/mol. The van der Waals surface area contributed by atoms with E-state index in [0.29, 0.717) is 0 Å². The van der Waals surface area contributed by atoms with Crippen molar-refractivity contribution in [1.29, 1.82) is 0 Å². The third kappa shape index (κ3) is 3.20. The molecule has 1 aromatic heterocycles. The summed E-state index contributed by atoms with van der Waals surface area (Å²) in [5.74, 6) is -2.14. The molecule has 108 valence electrons. The Labute approximate surface area is 121 Å². The van der Waals surface area contributed by atoms with Crippen LogP contribution >= 0.6 is 11.6 Å². The zero-order chi connectivity index (χ0) is 15.6. The summed E-state index contributed by atoms with van der Waals surface area (Å²) < 4.78 is 18.6. The van der Waals surface area contributed by atoms with E-state index in [0.717, 1.165) is 30.3 Å². The second-order valence-electron chi connectivity index (χ2n) is 3.69.